The summed E-state index contributed by atoms with van der Waals surface area (Å²) in [5.41, 5.74) is 3.09. The summed E-state index contributed by atoms with van der Waals surface area (Å²) in [5, 5.41) is 4.77. The van der Waals surface area contributed by atoms with E-state index >= 15 is 0 Å². The van der Waals surface area contributed by atoms with Crippen molar-refractivity contribution in [1.29, 1.82) is 0 Å². The third-order valence-corrected chi connectivity index (χ3v) is 5.63. The molecule has 0 aliphatic carbocycles. The summed E-state index contributed by atoms with van der Waals surface area (Å²) in [7, 11) is 0. The van der Waals surface area contributed by atoms with Crippen LogP contribution in [0, 0.1) is 5.92 Å². The third-order valence-electron chi connectivity index (χ3n) is 5.63. The highest BCUT2D eigenvalue weighted by Gasteiger charge is 2.23. The van der Waals surface area contributed by atoms with E-state index in [4.69, 9.17) is 14.7 Å². The standard InChI is InChI=1S/C25H24N4O/c1-2-7-19(8-3-1)23(15-18-12-14-30-17-18)28-25-21-10-4-5-11-22(21)27-24(29-25)20-9-6-13-26-16-20/h1-11,13,16,18,23H,12,14-15,17H2,(H,27,28,29). The van der Waals surface area contributed by atoms with Crippen LogP contribution in [0.4, 0.5) is 5.82 Å². The average Bonchev–Trinajstić information content (AvgIpc) is 3.33. The Labute approximate surface area is 176 Å². The van der Waals surface area contributed by atoms with Crippen molar-refractivity contribution in [2.24, 2.45) is 5.92 Å². The van der Waals surface area contributed by atoms with Crippen LogP contribution in [0.15, 0.2) is 79.1 Å². The molecule has 4 aromatic rings. The first-order chi connectivity index (χ1) is 14.9. The lowest BCUT2D eigenvalue weighted by atomic mass is 9.94. The fourth-order valence-corrected chi connectivity index (χ4v) is 4.04. The molecule has 1 aliphatic rings. The SMILES string of the molecule is c1ccc(C(CC2CCOC2)Nc2nc(-c3cccnc3)nc3ccccc23)cc1. The monoisotopic (exact) mass is 396 g/mol. The van der Waals surface area contributed by atoms with Crippen molar-refractivity contribution in [3.8, 4) is 11.4 Å². The van der Waals surface area contributed by atoms with Gasteiger partial charge in [0.05, 0.1) is 11.6 Å². The summed E-state index contributed by atoms with van der Waals surface area (Å²) in [6, 6.07) is 22.8. The molecule has 1 N–H and O–H groups in total. The Hall–Kier alpha value is -3.31. The molecule has 1 fully saturated rings. The Morgan fingerprint density at radius 2 is 1.83 bits per heavy atom. The van der Waals surface area contributed by atoms with E-state index < -0.39 is 0 Å². The maximum absolute atomic E-state index is 5.63. The molecule has 2 unspecified atom stereocenters. The molecule has 0 saturated carbocycles. The molecule has 2 aromatic carbocycles. The summed E-state index contributed by atoms with van der Waals surface area (Å²) in [6.45, 7) is 1.68. The predicted octanol–water partition coefficient (Wildman–Crippen LogP) is 5.27. The van der Waals surface area contributed by atoms with Crippen molar-refractivity contribution in [2.45, 2.75) is 18.9 Å². The first-order valence-electron chi connectivity index (χ1n) is 10.4. The lowest BCUT2D eigenvalue weighted by molar-refractivity contribution is 0.183. The summed E-state index contributed by atoms with van der Waals surface area (Å²) < 4.78 is 5.63. The van der Waals surface area contributed by atoms with Gasteiger partial charge in [0.1, 0.15) is 5.82 Å². The molecular formula is C25H24N4O. The van der Waals surface area contributed by atoms with Gasteiger partial charge in [-0.15, -0.1) is 0 Å². The molecule has 5 rings (SSSR count). The van der Waals surface area contributed by atoms with E-state index in [9.17, 15) is 0 Å². The first-order valence-corrected chi connectivity index (χ1v) is 10.4. The first kappa shape index (κ1) is 18.7. The zero-order chi connectivity index (χ0) is 20.2. The van der Waals surface area contributed by atoms with Gasteiger partial charge < -0.3 is 10.1 Å². The molecule has 0 bridgehead atoms. The molecule has 0 radical (unpaired) electrons. The van der Waals surface area contributed by atoms with Crippen LogP contribution >= 0.6 is 0 Å². The molecule has 3 heterocycles. The number of pyridine rings is 1. The second kappa shape index (κ2) is 8.59. The number of benzene rings is 2. The molecule has 30 heavy (non-hydrogen) atoms. The van der Waals surface area contributed by atoms with Crippen LogP contribution in [0.5, 0.6) is 0 Å². The second-order valence-corrected chi connectivity index (χ2v) is 7.73. The summed E-state index contributed by atoms with van der Waals surface area (Å²) in [4.78, 5) is 13.9. The average molecular weight is 396 g/mol. The normalized spacial score (nSPS) is 17.1. The summed E-state index contributed by atoms with van der Waals surface area (Å²) in [6.07, 6.45) is 5.68. The van der Waals surface area contributed by atoms with Crippen LogP contribution in [-0.4, -0.2) is 28.2 Å². The lowest BCUT2D eigenvalue weighted by Gasteiger charge is -2.23. The van der Waals surface area contributed by atoms with E-state index in [1.54, 1.807) is 12.4 Å². The Kier molecular flexibility index (Phi) is 5.36. The number of anilines is 1. The van der Waals surface area contributed by atoms with Gasteiger partial charge in [-0.2, -0.15) is 0 Å². The van der Waals surface area contributed by atoms with Crippen LogP contribution in [0.2, 0.25) is 0 Å². The smallest absolute Gasteiger partial charge is 0.163 e. The fraction of sp³-hybridized carbons (Fsp3) is 0.240. The van der Waals surface area contributed by atoms with E-state index in [-0.39, 0.29) is 6.04 Å². The Bertz CT molecular complexity index is 1110. The van der Waals surface area contributed by atoms with Gasteiger partial charge in [-0.05, 0) is 48.6 Å². The Balaban J connectivity index is 1.56. The van der Waals surface area contributed by atoms with Crippen LogP contribution in [-0.2, 0) is 4.74 Å². The van der Waals surface area contributed by atoms with Gasteiger partial charge in [-0.3, -0.25) is 4.98 Å². The van der Waals surface area contributed by atoms with Gasteiger partial charge in [-0.1, -0.05) is 42.5 Å². The van der Waals surface area contributed by atoms with Gasteiger partial charge >= 0.3 is 0 Å². The molecular weight excluding hydrogens is 372 g/mol. The minimum absolute atomic E-state index is 0.151. The maximum atomic E-state index is 5.63. The molecule has 5 nitrogen and oxygen atoms in total. The number of hydrogen-bond acceptors (Lipinski definition) is 5. The molecule has 1 aliphatic heterocycles. The molecule has 2 aromatic heterocycles. The van der Waals surface area contributed by atoms with Crippen LogP contribution in [0.25, 0.3) is 22.3 Å². The number of nitrogens with one attached hydrogen (secondary N) is 1. The van der Waals surface area contributed by atoms with Gasteiger partial charge in [0, 0.05) is 36.6 Å². The Morgan fingerprint density at radius 1 is 0.967 bits per heavy atom. The van der Waals surface area contributed by atoms with Gasteiger partial charge in [0.2, 0.25) is 0 Å². The van der Waals surface area contributed by atoms with Gasteiger partial charge in [0.25, 0.3) is 0 Å². The van der Waals surface area contributed by atoms with Crippen molar-refractivity contribution in [2.75, 3.05) is 18.5 Å². The molecule has 150 valence electrons. The number of rotatable bonds is 6. The summed E-state index contributed by atoms with van der Waals surface area (Å²) >= 11 is 0. The lowest BCUT2D eigenvalue weighted by Crippen LogP contribution is -2.17. The number of fused-ring (bicyclic) bond motifs is 1. The zero-order valence-corrected chi connectivity index (χ0v) is 16.7. The van der Waals surface area contributed by atoms with Gasteiger partial charge in [0.15, 0.2) is 5.82 Å². The van der Waals surface area contributed by atoms with E-state index in [0.29, 0.717) is 11.7 Å². The minimum atomic E-state index is 0.151. The highest BCUT2D eigenvalue weighted by molar-refractivity contribution is 5.90. The van der Waals surface area contributed by atoms with Gasteiger partial charge in [-0.25, -0.2) is 9.97 Å². The third kappa shape index (κ3) is 4.02. The van der Waals surface area contributed by atoms with Crippen molar-refractivity contribution in [3.05, 3.63) is 84.7 Å². The number of nitrogens with zero attached hydrogens (tertiary/aromatic N) is 3. The fourth-order valence-electron chi connectivity index (χ4n) is 4.04. The molecule has 5 heteroatoms. The molecule has 1 saturated heterocycles. The van der Waals surface area contributed by atoms with E-state index in [2.05, 4.69) is 46.7 Å². The predicted molar refractivity (Wildman–Crippen MR) is 119 cm³/mol. The highest BCUT2D eigenvalue weighted by atomic mass is 16.5. The topological polar surface area (TPSA) is 59.9 Å². The second-order valence-electron chi connectivity index (χ2n) is 7.73. The van der Waals surface area contributed by atoms with Crippen LogP contribution in [0.1, 0.15) is 24.4 Å². The summed E-state index contributed by atoms with van der Waals surface area (Å²) in [5.74, 6) is 2.08. The van der Waals surface area contributed by atoms with Crippen molar-refractivity contribution >= 4 is 16.7 Å². The van der Waals surface area contributed by atoms with Crippen molar-refractivity contribution < 1.29 is 4.74 Å². The molecule has 2 atom stereocenters. The van der Waals surface area contributed by atoms with Crippen LogP contribution in [0.3, 0.4) is 0 Å². The number of ether oxygens (including phenoxy) is 1. The van der Waals surface area contributed by atoms with Crippen molar-refractivity contribution in [3.63, 3.8) is 0 Å². The number of para-hydroxylation sites is 1. The largest absolute Gasteiger partial charge is 0.381 e. The highest BCUT2D eigenvalue weighted by Crippen LogP contribution is 2.32. The molecule has 0 spiro atoms. The molecule has 0 amide bonds. The minimum Gasteiger partial charge on any atom is -0.381 e. The Morgan fingerprint density at radius 3 is 2.63 bits per heavy atom. The van der Waals surface area contributed by atoms with E-state index in [1.165, 1.54) is 5.56 Å². The quantitative estimate of drug-likeness (QED) is 0.481. The van der Waals surface area contributed by atoms with E-state index in [0.717, 1.165) is 48.3 Å². The van der Waals surface area contributed by atoms with Crippen molar-refractivity contribution in [1.82, 2.24) is 15.0 Å². The number of aromatic nitrogens is 3. The zero-order valence-electron chi connectivity index (χ0n) is 16.7. The number of hydrogen-bond donors (Lipinski definition) is 1. The van der Waals surface area contributed by atoms with E-state index in [1.807, 2.05) is 30.3 Å². The maximum Gasteiger partial charge on any atom is 0.163 e. The van der Waals surface area contributed by atoms with Crippen LogP contribution < -0.4 is 5.32 Å².